The van der Waals surface area contributed by atoms with Crippen LogP contribution in [0.1, 0.15) is 35.7 Å². The first kappa shape index (κ1) is 22.6. The predicted octanol–water partition coefficient (Wildman–Crippen LogP) is 4.63. The number of anilines is 1. The summed E-state index contributed by atoms with van der Waals surface area (Å²) in [6, 6.07) is 16.4. The summed E-state index contributed by atoms with van der Waals surface area (Å²) in [5.74, 6) is 1.96. The molecule has 2 N–H and O–H groups in total. The van der Waals surface area contributed by atoms with Gasteiger partial charge in [-0.05, 0) is 86.8 Å². The second kappa shape index (κ2) is 10.3. The number of nitrogens with zero attached hydrogens (tertiary/aromatic N) is 1. The molecule has 2 aromatic carbocycles. The lowest BCUT2D eigenvalue weighted by molar-refractivity contribution is -0.116. The number of ether oxygens (including phenoxy) is 2. The highest BCUT2D eigenvalue weighted by Crippen LogP contribution is 2.25. The molecule has 0 aliphatic carbocycles. The second-order valence-electron chi connectivity index (χ2n) is 7.25. The zero-order valence-corrected chi connectivity index (χ0v) is 18.3. The highest BCUT2D eigenvalue weighted by molar-refractivity contribution is 5.90. The summed E-state index contributed by atoms with van der Waals surface area (Å²) in [7, 11) is 0. The van der Waals surface area contributed by atoms with Crippen LogP contribution in [-0.2, 0) is 11.2 Å². The van der Waals surface area contributed by atoms with Crippen LogP contribution in [0.2, 0.25) is 0 Å². The van der Waals surface area contributed by atoms with Crippen molar-refractivity contribution in [1.29, 1.82) is 5.26 Å². The maximum atomic E-state index is 12.4. The van der Waals surface area contributed by atoms with Crippen molar-refractivity contribution in [2.45, 2.75) is 33.6 Å². The van der Waals surface area contributed by atoms with Crippen molar-refractivity contribution in [3.05, 3.63) is 81.3 Å². The highest BCUT2D eigenvalue weighted by atomic mass is 16.5. The molecule has 7 heteroatoms. The van der Waals surface area contributed by atoms with Crippen LogP contribution in [0.4, 0.5) is 5.69 Å². The first-order chi connectivity index (χ1) is 15.4. The lowest BCUT2D eigenvalue weighted by atomic mass is 9.99. The van der Waals surface area contributed by atoms with Crippen molar-refractivity contribution in [2.75, 3.05) is 11.9 Å². The number of aryl methyl sites for hydroxylation is 1. The van der Waals surface area contributed by atoms with Gasteiger partial charge in [0.1, 0.15) is 28.9 Å². The van der Waals surface area contributed by atoms with Gasteiger partial charge in [0.05, 0.1) is 6.61 Å². The normalized spacial score (nSPS) is 10.3. The lowest BCUT2D eigenvalue weighted by Crippen LogP contribution is -2.18. The summed E-state index contributed by atoms with van der Waals surface area (Å²) < 4.78 is 11.2. The maximum absolute atomic E-state index is 12.4. The predicted molar refractivity (Wildman–Crippen MR) is 122 cm³/mol. The summed E-state index contributed by atoms with van der Waals surface area (Å²) in [6.07, 6.45) is 0.650. The zero-order chi connectivity index (χ0) is 23.1. The standard InChI is InChI=1S/C25H25N3O4/c1-4-31-19-9-11-21(12-10-19)32-20-7-5-18(6-8-20)28-24(29)14-13-22-16(2)23(15-26)25(30)27-17(22)3/h5-12H,4,13-14H2,1-3H3,(H,27,30)(H,28,29). The van der Waals surface area contributed by atoms with Crippen LogP contribution in [0.3, 0.4) is 0 Å². The molecule has 3 rings (SSSR count). The topological polar surface area (TPSA) is 104 Å². The van der Waals surface area contributed by atoms with E-state index in [0.29, 0.717) is 41.5 Å². The molecule has 32 heavy (non-hydrogen) atoms. The SMILES string of the molecule is CCOc1ccc(Oc2ccc(NC(=O)CCc3c(C)[nH]c(=O)c(C#N)c3C)cc2)cc1. The van der Waals surface area contributed by atoms with Gasteiger partial charge in [0.2, 0.25) is 5.91 Å². The molecular weight excluding hydrogens is 406 g/mol. The fourth-order valence-corrected chi connectivity index (χ4v) is 3.40. The van der Waals surface area contributed by atoms with Crippen molar-refractivity contribution in [2.24, 2.45) is 0 Å². The number of hydrogen-bond donors (Lipinski definition) is 2. The Morgan fingerprint density at radius 3 is 2.22 bits per heavy atom. The van der Waals surface area contributed by atoms with E-state index in [1.54, 1.807) is 38.1 Å². The smallest absolute Gasteiger partial charge is 0.266 e. The van der Waals surface area contributed by atoms with Crippen molar-refractivity contribution < 1.29 is 14.3 Å². The molecule has 1 aromatic heterocycles. The maximum Gasteiger partial charge on any atom is 0.266 e. The van der Waals surface area contributed by atoms with Gasteiger partial charge in [-0.15, -0.1) is 0 Å². The molecule has 3 aromatic rings. The van der Waals surface area contributed by atoms with Crippen LogP contribution in [0.5, 0.6) is 17.2 Å². The molecule has 0 unspecified atom stereocenters. The molecular formula is C25H25N3O4. The Bertz CT molecular complexity index is 1190. The molecule has 0 aliphatic rings. The summed E-state index contributed by atoms with van der Waals surface area (Å²) >= 11 is 0. The van der Waals surface area contributed by atoms with E-state index in [0.717, 1.165) is 11.3 Å². The molecule has 0 aliphatic heterocycles. The van der Waals surface area contributed by atoms with E-state index in [2.05, 4.69) is 10.3 Å². The monoisotopic (exact) mass is 431 g/mol. The molecule has 0 atom stereocenters. The molecule has 0 spiro atoms. The third-order valence-electron chi connectivity index (χ3n) is 5.03. The second-order valence-corrected chi connectivity index (χ2v) is 7.25. The van der Waals surface area contributed by atoms with Crippen LogP contribution in [0, 0.1) is 25.2 Å². The quantitative estimate of drug-likeness (QED) is 0.541. The molecule has 1 heterocycles. The van der Waals surface area contributed by atoms with E-state index < -0.39 is 5.56 Å². The van der Waals surface area contributed by atoms with Gasteiger partial charge in [-0.2, -0.15) is 5.26 Å². The van der Waals surface area contributed by atoms with E-state index in [1.807, 2.05) is 37.3 Å². The molecule has 7 nitrogen and oxygen atoms in total. The summed E-state index contributed by atoms with van der Waals surface area (Å²) in [4.78, 5) is 26.9. The molecule has 0 saturated carbocycles. The van der Waals surface area contributed by atoms with Crippen molar-refractivity contribution in [3.8, 4) is 23.3 Å². The lowest BCUT2D eigenvalue weighted by Gasteiger charge is -2.11. The molecule has 0 radical (unpaired) electrons. The number of carbonyl (C=O) groups is 1. The van der Waals surface area contributed by atoms with Gasteiger partial charge in [0.15, 0.2) is 0 Å². The Balaban J connectivity index is 1.57. The van der Waals surface area contributed by atoms with Gasteiger partial charge in [0.25, 0.3) is 5.56 Å². The number of aromatic amines is 1. The first-order valence-corrected chi connectivity index (χ1v) is 10.3. The van der Waals surface area contributed by atoms with Gasteiger partial charge >= 0.3 is 0 Å². The summed E-state index contributed by atoms with van der Waals surface area (Å²) in [5, 5.41) is 12.0. The number of pyridine rings is 1. The van der Waals surface area contributed by atoms with Gasteiger partial charge in [-0.1, -0.05) is 0 Å². The first-order valence-electron chi connectivity index (χ1n) is 10.3. The highest BCUT2D eigenvalue weighted by Gasteiger charge is 2.13. The largest absolute Gasteiger partial charge is 0.494 e. The Morgan fingerprint density at radius 2 is 1.62 bits per heavy atom. The van der Waals surface area contributed by atoms with Crippen LogP contribution in [0.15, 0.2) is 53.3 Å². The summed E-state index contributed by atoms with van der Waals surface area (Å²) in [6.45, 7) is 6.04. The fraction of sp³-hybridized carbons (Fsp3) is 0.240. The fourth-order valence-electron chi connectivity index (χ4n) is 3.40. The number of rotatable bonds is 8. The summed E-state index contributed by atoms with van der Waals surface area (Å²) in [5.41, 5.74) is 2.46. The molecule has 0 fully saturated rings. The van der Waals surface area contributed by atoms with Crippen molar-refractivity contribution in [3.63, 3.8) is 0 Å². The van der Waals surface area contributed by atoms with Crippen molar-refractivity contribution in [1.82, 2.24) is 4.98 Å². The van der Waals surface area contributed by atoms with Crippen LogP contribution in [0.25, 0.3) is 0 Å². The Labute approximate surface area is 186 Å². The molecule has 1 amide bonds. The zero-order valence-electron chi connectivity index (χ0n) is 18.3. The Kier molecular flexibility index (Phi) is 7.29. The van der Waals surface area contributed by atoms with E-state index >= 15 is 0 Å². The number of hydrogen-bond acceptors (Lipinski definition) is 5. The van der Waals surface area contributed by atoms with Crippen LogP contribution < -0.4 is 20.3 Å². The molecule has 164 valence electrons. The van der Waals surface area contributed by atoms with Crippen molar-refractivity contribution >= 4 is 11.6 Å². The van der Waals surface area contributed by atoms with Crippen LogP contribution >= 0.6 is 0 Å². The third kappa shape index (κ3) is 5.55. The van der Waals surface area contributed by atoms with Gasteiger partial charge < -0.3 is 19.8 Å². The van der Waals surface area contributed by atoms with Gasteiger partial charge in [0, 0.05) is 17.8 Å². The number of H-pyrrole nitrogens is 1. The molecule has 0 bridgehead atoms. The van der Waals surface area contributed by atoms with Gasteiger partial charge in [-0.25, -0.2) is 0 Å². The average Bonchev–Trinajstić information content (AvgIpc) is 2.76. The number of benzene rings is 2. The molecule has 0 saturated heterocycles. The average molecular weight is 431 g/mol. The minimum absolute atomic E-state index is 0.0918. The number of aromatic nitrogens is 1. The Hall–Kier alpha value is -4.05. The number of nitriles is 1. The van der Waals surface area contributed by atoms with Crippen LogP contribution in [-0.4, -0.2) is 17.5 Å². The van der Waals surface area contributed by atoms with E-state index in [1.165, 1.54) is 0 Å². The van der Waals surface area contributed by atoms with E-state index in [-0.39, 0.29) is 17.9 Å². The number of nitrogens with one attached hydrogen (secondary N) is 2. The number of carbonyl (C=O) groups excluding carboxylic acids is 1. The van der Waals surface area contributed by atoms with Gasteiger partial charge in [-0.3, -0.25) is 9.59 Å². The Morgan fingerprint density at radius 1 is 1.03 bits per heavy atom. The minimum Gasteiger partial charge on any atom is -0.494 e. The van der Waals surface area contributed by atoms with E-state index in [4.69, 9.17) is 9.47 Å². The number of amides is 1. The minimum atomic E-state index is -0.400. The van der Waals surface area contributed by atoms with E-state index in [9.17, 15) is 14.9 Å². The third-order valence-corrected chi connectivity index (χ3v) is 5.03.